The van der Waals surface area contributed by atoms with Crippen molar-refractivity contribution in [3.8, 4) is 17.6 Å². The van der Waals surface area contributed by atoms with Gasteiger partial charge in [-0.05, 0) is 18.2 Å². The second-order valence-corrected chi connectivity index (χ2v) is 3.06. The van der Waals surface area contributed by atoms with Gasteiger partial charge in [0.15, 0.2) is 0 Å². The first-order chi connectivity index (χ1) is 8.15. The van der Waals surface area contributed by atoms with E-state index in [9.17, 15) is 4.79 Å². The molecule has 1 N–H and O–H groups in total. The summed E-state index contributed by atoms with van der Waals surface area (Å²) in [7, 11) is 1.49. The zero-order valence-electron chi connectivity index (χ0n) is 9.21. The van der Waals surface area contributed by atoms with Gasteiger partial charge < -0.3 is 14.6 Å². The second-order valence-electron chi connectivity index (χ2n) is 3.06. The summed E-state index contributed by atoms with van der Waals surface area (Å²) in [6.45, 7) is 0.115. The number of methoxy groups -OCH3 is 1. The lowest BCUT2D eigenvalue weighted by Crippen LogP contribution is -1.96. The van der Waals surface area contributed by atoms with E-state index in [0.29, 0.717) is 17.1 Å². The quantitative estimate of drug-likeness (QED) is 0.781. The van der Waals surface area contributed by atoms with Gasteiger partial charge in [0.1, 0.15) is 18.1 Å². The Balaban J connectivity index is 2.71. The Labute approximate surface area is 98.5 Å². The Kier molecular flexibility index (Phi) is 4.58. The maximum atomic E-state index is 10.2. The van der Waals surface area contributed by atoms with Crippen LogP contribution in [0.15, 0.2) is 30.4 Å². The number of carboxylic acids is 1. The molecule has 5 nitrogen and oxygen atoms in total. The number of ether oxygens (including phenoxy) is 2. The van der Waals surface area contributed by atoms with Crippen molar-refractivity contribution < 1.29 is 19.4 Å². The number of rotatable bonds is 5. The molecule has 17 heavy (non-hydrogen) atoms. The van der Waals surface area contributed by atoms with Crippen LogP contribution in [0.3, 0.4) is 0 Å². The van der Waals surface area contributed by atoms with Crippen molar-refractivity contribution in [2.75, 3.05) is 13.7 Å². The summed E-state index contributed by atoms with van der Waals surface area (Å²) in [5.41, 5.74) is 0.418. The summed E-state index contributed by atoms with van der Waals surface area (Å²) in [5, 5.41) is 17.1. The number of nitrogens with zero attached hydrogens (tertiary/aromatic N) is 1. The van der Waals surface area contributed by atoms with Gasteiger partial charge in [-0.25, -0.2) is 4.79 Å². The first kappa shape index (κ1) is 12.6. The average molecular weight is 233 g/mol. The van der Waals surface area contributed by atoms with Gasteiger partial charge in [-0.2, -0.15) is 5.26 Å². The van der Waals surface area contributed by atoms with E-state index in [2.05, 4.69) is 0 Å². The smallest absolute Gasteiger partial charge is 0.328 e. The Morgan fingerprint density at radius 1 is 1.47 bits per heavy atom. The van der Waals surface area contributed by atoms with E-state index in [1.807, 2.05) is 6.07 Å². The Hall–Kier alpha value is -2.48. The predicted molar refractivity (Wildman–Crippen MR) is 60.0 cm³/mol. The van der Waals surface area contributed by atoms with Crippen LogP contribution in [0.25, 0.3) is 0 Å². The third kappa shape index (κ3) is 4.26. The highest BCUT2D eigenvalue weighted by Gasteiger charge is 2.01. The van der Waals surface area contributed by atoms with Crippen molar-refractivity contribution in [1.29, 1.82) is 5.26 Å². The number of aliphatic carboxylic acids is 1. The van der Waals surface area contributed by atoms with Gasteiger partial charge in [-0.1, -0.05) is 0 Å². The summed E-state index contributed by atoms with van der Waals surface area (Å²) in [6, 6.07) is 6.74. The molecule has 0 fully saturated rings. The van der Waals surface area contributed by atoms with Crippen molar-refractivity contribution in [3.63, 3.8) is 0 Å². The van der Waals surface area contributed by atoms with E-state index < -0.39 is 5.97 Å². The highest BCUT2D eigenvalue weighted by Crippen LogP contribution is 2.22. The van der Waals surface area contributed by atoms with E-state index in [0.717, 1.165) is 6.08 Å². The van der Waals surface area contributed by atoms with Crippen LogP contribution in [0, 0.1) is 11.3 Å². The number of benzene rings is 1. The highest BCUT2D eigenvalue weighted by molar-refractivity contribution is 5.79. The van der Waals surface area contributed by atoms with Crippen LogP contribution in [0.1, 0.15) is 5.56 Å². The van der Waals surface area contributed by atoms with E-state index in [1.54, 1.807) is 18.2 Å². The molecule has 1 aromatic carbocycles. The lowest BCUT2D eigenvalue weighted by atomic mass is 10.2. The minimum atomic E-state index is -1.03. The average Bonchev–Trinajstić information content (AvgIpc) is 2.34. The van der Waals surface area contributed by atoms with Crippen LogP contribution < -0.4 is 9.47 Å². The highest BCUT2D eigenvalue weighted by atomic mass is 16.5. The summed E-state index contributed by atoms with van der Waals surface area (Å²) >= 11 is 0. The van der Waals surface area contributed by atoms with Gasteiger partial charge >= 0.3 is 5.97 Å². The minimum absolute atomic E-state index is 0.115. The summed E-state index contributed by atoms with van der Waals surface area (Å²) < 4.78 is 10.3. The molecule has 0 saturated carbocycles. The van der Waals surface area contributed by atoms with Crippen molar-refractivity contribution in [2.24, 2.45) is 0 Å². The maximum absolute atomic E-state index is 10.2. The molecule has 0 heterocycles. The Morgan fingerprint density at radius 3 is 2.76 bits per heavy atom. The van der Waals surface area contributed by atoms with Crippen LogP contribution in [0.5, 0.6) is 11.5 Å². The largest absolute Gasteiger partial charge is 0.497 e. The molecule has 0 radical (unpaired) electrons. The van der Waals surface area contributed by atoms with Crippen LogP contribution in [-0.4, -0.2) is 24.8 Å². The fourth-order valence-corrected chi connectivity index (χ4v) is 1.13. The van der Waals surface area contributed by atoms with Crippen molar-refractivity contribution in [3.05, 3.63) is 35.9 Å². The second kappa shape index (κ2) is 6.18. The molecule has 5 heteroatoms. The normalized spacial score (nSPS) is 9.88. The maximum Gasteiger partial charge on any atom is 0.328 e. The van der Waals surface area contributed by atoms with Gasteiger partial charge in [0.05, 0.1) is 18.7 Å². The van der Waals surface area contributed by atoms with Gasteiger partial charge in [0.25, 0.3) is 0 Å². The van der Waals surface area contributed by atoms with E-state index >= 15 is 0 Å². The summed E-state index contributed by atoms with van der Waals surface area (Å²) in [5.74, 6) is -0.0610. The minimum Gasteiger partial charge on any atom is -0.497 e. The van der Waals surface area contributed by atoms with Gasteiger partial charge in [0.2, 0.25) is 0 Å². The third-order valence-electron chi connectivity index (χ3n) is 1.85. The van der Waals surface area contributed by atoms with Gasteiger partial charge in [-0.3, -0.25) is 0 Å². The number of carboxylic acid groups (broad SMARTS) is 1. The molecule has 0 spiro atoms. The van der Waals surface area contributed by atoms with Gasteiger partial charge in [-0.15, -0.1) is 0 Å². The van der Waals surface area contributed by atoms with E-state index in [-0.39, 0.29) is 6.61 Å². The molecule has 0 aliphatic heterocycles. The summed E-state index contributed by atoms with van der Waals surface area (Å²) in [6.07, 6.45) is 2.36. The fourth-order valence-electron chi connectivity index (χ4n) is 1.13. The van der Waals surface area contributed by atoms with Crippen LogP contribution in [-0.2, 0) is 4.79 Å². The van der Waals surface area contributed by atoms with Crippen LogP contribution >= 0.6 is 0 Å². The monoisotopic (exact) mass is 233 g/mol. The van der Waals surface area contributed by atoms with E-state index in [4.69, 9.17) is 19.8 Å². The van der Waals surface area contributed by atoms with E-state index in [1.165, 1.54) is 13.2 Å². The molecule has 0 atom stereocenters. The lowest BCUT2D eigenvalue weighted by molar-refractivity contribution is -0.131. The molecule has 0 bridgehead atoms. The van der Waals surface area contributed by atoms with Crippen molar-refractivity contribution in [1.82, 2.24) is 0 Å². The van der Waals surface area contributed by atoms with Crippen molar-refractivity contribution >= 4 is 5.97 Å². The number of nitriles is 1. The molecule has 0 aliphatic rings. The lowest BCUT2D eigenvalue weighted by Gasteiger charge is -2.06. The number of hydrogen-bond acceptors (Lipinski definition) is 4. The predicted octanol–water partition coefficient (Wildman–Crippen LogP) is 1.59. The molecular weight excluding hydrogens is 222 g/mol. The molecule has 0 saturated heterocycles. The number of carbonyl (C=O) groups is 1. The SMILES string of the molecule is COc1cc(C#N)cc(OC/C=C/C(=O)O)c1. The van der Waals surface area contributed by atoms with Crippen LogP contribution in [0.2, 0.25) is 0 Å². The first-order valence-corrected chi connectivity index (χ1v) is 4.77. The molecule has 0 unspecified atom stereocenters. The van der Waals surface area contributed by atoms with Crippen LogP contribution in [0.4, 0.5) is 0 Å². The molecule has 1 rings (SSSR count). The van der Waals surface area contributed by atoms with Crippen molar-refractivity contribution in [2.45, 2.75) is 0 Å². The zero-order valence-corrected chi connectivity index (χ0v) is 9.21. The van der Waals surface area contributed by atoms with Gasteiger partial charge in [0, 0.05) is 12.1 Å². The zero-order chi connectivity index (χ0) is 12.7. The molecular formula is C12H11NO4. The Bertz CT molecular complexity index is 474. The molecule has 0 aliphatic carbocycles. The number of hydrogen-bond donors (Lipinski definition) is 1. The summed E-state index contributed by atoms with van der Waals surface area (Å²) in [4.78, 5) is 10.2. The molecule has 1 aromatic rings. The molecule has 0 aromatic heterocycles. The molecule has 0 amide bonds. The first-order valence-electron chi connectivity index (χ1n) is 4.77. The molecule has 88 valence electrons. The fraction of sp³-hybridized carbons (Fsp3) is 0.167. The standard InChI is InChI=1S/C12H11NO4/c1-16-10-5-9(8-13)6-11(7-10)17-4-2-3-12(14)15/h2-3,5-7H,4H2,1H3,(H,14,15)/b3-2+. The third-order valence-corrected chi connectivity index (χ3v) is 1.85. The Morgan fingerprint density at radius 2 is 2.18 bits per heavy atom. The topological polar surface area (TPSA) is 79.5 Å².